The van der Waals surface area contributed by atoms with Gasteiger partial charge in [-0.1, -0.05) is 23.7 Å². The molecule has 0 aliphatic carbocycles. The van der Waals surface area contributed by atoms with Crippen LogP contribution in [0.15, 0.2) is 53.6 Å². The third-order valence-corrected chi connectivity index (χ3v) is 3.17. The van der Waals surface area contributed by atoms with Gasteiger partial charge in [-0.15, -0.1) is 0 Å². The number of hydrogen-bond acceptors (Lipinski definition) is 3. The van der Waals surface area contributed by atoms with Crippen molar-refractivity contribution in [2.45, 2.75) is 6.92 Å². The zero-order valence-corrected chi connectivity index (χ0v) is 12.5. The zero-order chi connectivity index (χ0) is 15.2. The van der Waals surface area contributed by atoms with E-state index in [1.807, 2.05) is 31.2 Å². The summed E-state index contributed by atoms with van der Waals surface area (Å²) in [5.41, 5.74) is 4.59. The van der Waals surface area contributed by atoms with Crippen molar-refractivity contribution >= 4 is 23.2 Å². The number of methoxy groups -OCH3 is 1. The number of ether oxygens (including phenoxy) is 1. The van der Waals surface area contributed by atoms with Crippen LogP contribution in [0, 0.1) is 0 Å². The molecule has 0 aliphatic heterocycles. The predicted molar refractivity (Wildman–Crippen MR) is 84.1 cm³/mol. The fourth-order valence-electron chi connectivity index (χ4n) is 1.71. The Bertz CT molecular complexity index is 666. The molecule has 0 aliphatic rings. The van der Waals surface area contributed by atoms with E-state index in [-0.39, 0.29) is 5.91 Å². The van der Waals surface area contributed by atoms with Crippen LogP contribution in [0.1, 0.15) is 22.8 Å². The molecular formula is C16H15ClN2O2. The summed E-state index contributed by atoms with van der Waals surface area (Å²) in [7, 11) is 1.61. The molecular weight excluding hydrogens is 288 g/mol. The number of carbonyl (C=O) groups excluding carboxylic acids is 1. The molecule has 0 fully saturated rings. The van der Waals surface area contributed by atoms with Gasteiger partial charge in [-0.3, -0.25) is 4.79 Å². The number of hydrogen-bond donors (Lipinski definition) is 1. The number of hydrazone groups is 1. The molecule has 108 valence electrons. The molecule has 4 nitrogen and oxygen atoms in total. The molecule has 0 unspecified atom stereocenters. The van der Waals surface area contributed by atoms with Crippen LogP contribution in [-0.4, -0.2) is 18.7 Å². The largest absolute Gasteiger partial charge is 0.497 e. The first-order valence-electron chi connectivity index (χ1n) is 6.35. The highest BCUT2D eigenvalue weighted by Gasteiger charge is 2.05. The number of benzene rings is 2. The average molecular weight is 303 g/mol. The van der Waals surface area contributed by atoms with Crippen molar-refractivity contribution in [1.82, 2.24) is 5.43 Å². The van der Waals surface area contributed by atoms with Crippen molar-refractivity contribution in [3.05, 3.63) is 64.7 Å². The van der Waals surface area contributed by atoms with E-state index in [1.165, 1.54) is 0 Å². The van der Waals surface area contributed by atoms with E-state index >= 15 is 0 Å². The molecule has 0 aromatic heterocycles. The monoisotopic (exact) mass is 302 g/mol. The molecule has 0 atom stereocenters. The van der Waals surface area contributed by atoms with E-state index in [0.29, 0.717) is 16.3 Å². The minimum atomic E-state index is -0.283. The molecule has 2 rings (SSSR count). The summed E-state index contributed by atoms with van der Waals surface area (Å²) in [6.07, 6.45) is 0. The molecule has 0 heterocycles. The molecule has 5 heteroatoms. The topological polar surface area (TPSA) is 50.7 Å². The second-order valence-electron chi connectivity index (χ2n) is 4.38. The standard InChI is InChI=1S/C16H15ClN2O2/c1-11(13-4-3-5-15(10-13)21-2)18-19-16(20)12-6-8-14(17)9-7-12/h3-10H,1-2H3,(H,19,20). The molecule has 1 N–H and O–H groups in total. The minimum Gasteiger partial charge on any atom is -0.497 e. The first-order chi connectivity index (χ1) is 10.1. The van der Waals surface area contributed by atoms with Gasteiger partial charge in [-0.25, -0.2) is 5.43 Å². The van der Waals surface area contributed by atoms with E-state index in [1.54, 1.807) is 31.4 Å². The lowest BCUT2D eigenvalue weighted by molar-refractivity contribution is 0.0955. The summed E-state index contributed by atoms with van der Waals surface area (Å²) in [6.45, 7) is 1.82. The van der Waals surface area contributed by atoms with Crippen LogP contribution in [0.25, 0.3) is 0 Å². The van der Waals surface area contributed by atoms with Crippen molar-refractivity contribution in [3.8, 4) is 5.75 Å². The SMILES string of the molecule is COc1cccc(C(C)=NNC(=O)c2ccc(Cl)cc2)c1. The summed E-state index contributed by atoms with van der Waals surface area (Å²) >= 11 is 5.78. The lowest BCUT2D eigenvalue weighted by Gasteiger charge is -2.05. The molecule has 2 aromatic rings. The number of nitrogens with one attached hydrogen (secondary N) is 1. The zero-order valence-electron chi connectivity index (χ0n) is 11.8. The van der Waals surface area contributed by atoms with Crippen molar-refractivity contribution < 1.29 is 9.53 Å². The molecule has 0 radical (unpaired) electrons. The fourth-order valence-corrected chi connectivity index (χ4v) is 1.84. The predicted octanol–water partition coefficient (Wildman–Crippen LogP) is 3.50. The normalized spacial score (nSPS) is 11.1. The molecule has 0 spiro atoms. The maximum atomic E-state index is 11.9. The van der Waals surface area contributed by atoms with Crippen LogP contribution in [0.4, 0.5) is 0 Å². The number of nitrogens with zero attached hydrogens (tertiary/aromatic N) is 1. The Morgan fingerprint density at radius 1 is 1.14 bits per heavy atom. The number of rotatable bonds is 4. The van der Waals surface area contributed by atoms with E-state index in [2.05, 4.69) is 10.5 Å². The second-order valence-corrected chi connectivity index (χ2v) is 4.81. The maximum Gasteiger partial charge on any atom is 0.271 e. The van der Waals surface area contributed by atoms with Gasteiger partial charge in [0, 0.05) is 16.1 Å². The van der Waals surface area contributed by atoms with Gasteiger partial charge >= 0.3 is 0 Å². The van der Waals surface area contributed by atoms with Gasteiger partial charge in [-0.2, -0.15) is 5.10 Å². The summed E-state index contributed by atoms with van der Waals surface area (Å²) in [4.78, 5) is 11.9. The van der Waals surface area contributed by atoms with Crippen LogP contribution in [-0.2, 0) is 0 Å². The third kappa shape index (κ3) is 4.07. The summed E-state index contributed by atoms with van der Waals surface area (Å²) in [6, 6.07) is 14.1. The number of carbonyl (C=O) groups is 1. The van der Waals surface area contributed by atoms with Gasteiger partial charge in [0.1, 0.15) is 5.75 Å². The molecule has 0 saturated heterocycles. The quantitative estimate of drug-likeness (QED) is 0.694. The summed E-state index contributed by atoms with van der Waals surface area (Å²) in [5.74, 6) is 0.458. The number of halogens is 1. The fraction of sp³-hybridized carbons (Fsp3) is 0.125. The van der Waals surface area contributed by atoms with Crippen LogP contribution >= 0.6 is 11.6 Å². The lowest BCUT2D eigenvalue weighted by atomic mass is 10.1. The number of amides is 1. The highest BCUT2D eigenvalue weighted by Crippen LogP contribution is 2.13. The van der Waals surface area contributed by atoms with Gasteiger partial charge in [0.15, 0.2) is 0 Å². The summed E-state index contributed by atoms with van der Waals surface area (Å²) in [5, 5.41) is 4.68. The summed E-state index contributed by atoms with van der Waals surface area (Å²) < 4.78 is 5.16. The van der Waals surface area contributed by atoms with Crippen LogP contribution in [0.2, 0.25) is 5.02 Å². The Kier molecular flexibility index (Phi) is 4.95. The molecule has 21 heavy (non-hydrogen) atoms. The molecule has 1 amide bonds. The molecule has 2 aromatic carbocycles. The van der Waals surface area contributed by atoms with Crippen LogP contribution in [0.5, 0.6) is 5.75 Å². The van der Waals surface area contributed by atoms with Gasteiger partial charge in [0.05, 0.1) is 12.8 Å². The van der Waals surface area contributed by atoms with Gasteiger partial charge in [-0.05, 0) is 43.3 Å². The first kappa shape index (κ1) is 15.1. The van der Waals surface area contributed by atoms with Crippen molar-refractivity contribution in [2.75, 3.05) is 7.11 Å². The van der Waals surface area contributed by atoms with Crippen LogP contribution < -0.4 is 10.2 Å². The molecule has 0 saturated carbocycles. The van der Waals surface area contributed by atoms with E-state index in [4.69, 9.17) is 16.3 Å². The van der Waals surface area contributed by atoms with Gasteiger partial charge in [0.25, 0.3) is 5.91 Å². The third-order valence-electron chi connectivity index (χ3n) is 2.92. The Morgan fingerprint density at radius 3 is 2.52 bits per heavy atom. The van der Waals surface area contributed by atoms with Crippen molar-refractivity contribution in [3.63, 3.8) is 0 Å². The van der Waals surface area contributed by atoms with Gasteiger partial charge in [0.2, 0.25) is 0 Å². The lowest BCUT2D eigenvalue weighted by Crippen LogP contribution is -2.19. The second kappa shape index (κ2) is 6.90. The Balaban J connectivity index is 2.09. The van der Waals surface area contributed by atoms with Crippen molar-refractivity contribution in [2.24, 2.45) is 5.10 Å². The first-order valence-corrected chi connectivity index (χ1v) is 6.72. The Labute approximate surface area is 128 Å². The average Bonchev–Trinajstić information content (AvgIpc) is 2.53. The Morgan fingerprint density at radius 2 is 1.86 bits per heavy atom. The van der Waals surface area contributed by atoms with Gasteiger partial charge < -0.3 is 4.74 Å². The van der Waals surface area contributed by atoms with E-state index < -0.39 is 0 Å². The molecule has 0 bridgehead atoms. The highest BCUT2D eigenvalue weighted by molar-refractivity contribution is 6.30. The van der Waals surface area contributed by atoms with Crippen LogP contribution in [0.3, 0.4) is 0 Å². The Hall–Kier alpha value is -2.33. The highest BCUT2D eigenvalue weighted by atomic mass is 35.5. The maximum absolute atomic E-state index is 11.9. The van der Waals surface area contributed by atoms with E-state index in [9.17, 15) is 4.79 Å². The van der Waals surface area contributed by atoms with Crippen molar-refractivity contribution in [1.29, 1.82) is 0 Å². The van der Waals surface area contributed by atoms with E-state index in [0.717, 1.165) is 11.3 Å². The minimum absolute atomic E-state index is 0.283. The smallest absolute Gasteiger partial charge is 0.271 e.